The number of carbonyl (C=O) groups is 3. The number of rotatable bonds is 8. The van der Waals surface area contributed by atoms with Gasteiger partial charge in [0.15, 0.2) is 0 Å². The average molecular weight is 431 g/mol. The van der Waals surface area contributed by atoms with Gasteiger partial charge >= 0.3 is 5.97 Å². The SMILES string of the molecule is COC(=O)c1ccc(NCC(=O)Nc2ccc(C(=O)NC(C)c3ccccc3)cc2)cc1. The number of hydrogen-bond donors (Lipinski definition) is 3. The van der Waals surface area contributed by atoms with Crippen molar-refractivity contribution < 1.29 is 19.1 Å². The molecular weight excluding hydrogens is 406 g/mol. The monoisotopic (exact) mass is 431 g/mol. The van der Waals surface area contributed by atoms with Crippen LogP contribution in [0.4, 0.5) is 11.4 Å². The van der Waals surface area contributed by atoms with Crippen molar-refractivity contribution in [1.29, 1.82) is 0 Å². The maximum absolute atomic E-state index is 12.5. The molecule has 0 spiro atoms. The Hall–Kier alpha value is -4.13. The lowest BCUT2D eigenvalue weighted by molar-refractivity contribution is -0.114. The molecule has 0 aromatic heterocycles. The van der Waals surface area contributed by atoms with Crippen LogP contribution in [0.1, 0.15) is 39.2 Å². The number of benzene rings is 3. The summed E-state index contributed by atoms with van der Waals surface area (Å²) >= 11 is 0. The summed E-state index contributed by atoms with van der Waals surface area (Å²) in [7, 11) is 1.32. The van der Waals surface area contributed by atoms with Gasteiger partial charge in [-0.1, -0.05) is 30.3 Å². The summed E-state index contributed by atoms with van der Waals surface area (Å²) < 4.78 is 4.65. The lowest BCUT2D eigenvalue weighted by Gasteiger charge is -2.14. The maximum Gasteiger partial charge on any atom is 0.337 e. The van der Waals surface area contributed by atoms with Crippen molar-refractivity contribution >= 4 is 29.2 Å². The van der Waals surface area contributed by atoms with E-state index in [-0.39, 0.29) is 24.4 Å². The molecule has 0 fully saturated rings. The minimum Gasteiger partial charge on any atom is -0.465 e. The summed E-state index contributed by atoms with van der Waals surface area (Å²) in [5.41, 5.74) is 3.26. The molecule has 3 rings (SSSR count). The molecule has 164 valence electrons. The van der Waals surface area contributed by atoms with Gasteiger partial charge in [0.25, 0.3) is 5.91 Å². The second-order valence-electron chi connectivity index (χ2n) is 7.15. The van der Waals surface area contributed by atoms with Crippen molar-refractivity contribution in [1.82, 2.24) is 5.32 Å². The minimum atomic E-state index is -0.416. The Morgan fingerprint density at radius 2 is 1.41 bits per heavy atom. The molecule has 3 N–H and O–H groups in total. The molecule has 32 heavy (non-hydrogen) atoms. The molecule has 1 unspecified atom stereocenters. The summed E-state index contributed by atoms with van der Waals surface area (Å²) in [5, 5.41) is 8.72. The summed E-state index contributed by atoms with van der Waals surface area (Å²) in [6, 6.07) is 23.0. The van der Waals surface area contributed by atoms with E-state index in [1.54, 1.807) is 48.5 Å². The fourth-order valence-electron chi connectivity index (χ4n) is 3.04. The van der Waals surface area contributed by atoms with E-state index in [9.17, 15) is 14.4 Å². The second-order valence-corrected chi connectivity index (χ2v) is 7.15. The van der Waals surface area contributed by atoms with Gasteiger partial charge in [0.1, 0.15) is 0 Å². The Kier molecular flexibility index (Phi) is 7.59. The summed E-state index contributed by atoms with van der Waals surface area (Å²) in [6.45, 7) is 1.98. The molecule has 0 saturated heterocycles. The van der Waals surface area contributed by atoms with Crippen LogP contribution in [-0.4, -0.2) is 31.4 Å². The van der Waals surface area contributed by atoms with Gasteiger partial charge in [-0.15, -0.1) is 0 Å². The van der Waals surface area contributed by atoms with Gasteiger partial charge in [-0.2, -0.15) is 0 Å². The Morgan fingerprint density at radius 1 is 0.812 bits per heavy atom. The van der Waals surface area contributed by atoms with Gasteiger partial charge in [0, 0.05) is 16.9 Å². The zero-order valence-electron chi connectivity index (χ0n) is 17.9. The first-order valence-electron chi connectivity index (χ1n) is 10.1. The van der Waals surface area contributed by atoms with E-state index in [0.29, 0.717) is 22.5 Å². The van der Waals surface area contributed by atoms with Crippen LogP contribution in [0, 0.1) is 0 Å². The molecule has 0 aliphatic rings. The van der Waals surface area contributed by atoms with Crippen molar-refractivity contribution in [3.05, 3.63) is 95.6 Å². The van der Waals surface area contributed by atoms with Gasteiger partial charge in [0.05, 0.1) is 25.3 Å². The van der Waals surface area contributed by atoms with E-state index in [4.69, 9.17) is 0 Å². The smallest absolute Gasteiger partial charge is 0.337 e. The van der Waals surface area contributed by atoms with Gasteiger partial charge in [-0.05, 0) is 61.0 Å². The Labute approximate surface area is 186 Å². The average Bonchev–Trinajstić information content (AvgIpc) is 2.83. The van der Waals surface area contributed by atoms with Crippen molar-refractivity contribution in [2.75, 3.05) is 24.3 Å². The predicted molar refractivity (Wildman–Crippen MR) is 124 cm³/mol. The van der Waals surface area contributed by atoms with Crippen LogP contribution in [-0.2, 0) is 9.53 Å². The molecule has 7 heteroatoms. The van der Waals surface area contributed by atoms with Gasteiger partial charge < -0.3 is 20.7 Å². The highest BCUT2D eigenvalue weighted by molar-refractivity contribution is 5.97. The first-order valence-corrected chi connectivity index (χ1v) is 10.1. The van der Waals surface area contributed by atoms with Crippen LogP contribution >= 0.6 is 0 Å². The van der Waals surface area contributed by atoms with Crippen LogP contribution in [0.15, 0.2) is 78.9 Å². The summed E-state index contributed by atoms with van der Waals surface area (Å²) in [5.74, 6) is -0.839. The number of amides is 2. The third-order valence-corrected chi connectivity index (χ3v) is 4.84. The van der Waals surface area contributed by atoms with Crippen molar-refractivity contribution in [3.8, 4) is 0 Å². The fraction of sp³-hybridized carbons (Fsp3) is 0.160. The van der Waals surface area contributed by atoms with Crippen LogP contribution in [0.5, 0.6) is 0 Å². The first kappa shape index (κ1) is 22.6. The molecule has 3 aromatic rings. The van der Waals surface area contributed by atoms with Gasteiger partial charge in [0.2, 0.25) is 5.91 Å². The van der Waals surface area contributed by atoms with E-state index in [1.807, 2.05) is 37.3 Å². The Balaban J connectivity index is 1.48. The molecule has 7 nitrogen and oxygen atoms in total. The van der Waals surface area contributed by atoms with E-state index >= 15 is 0 Å². The second kappa shape index (κ2) is 10.8. The molecule has 3 aromatic carbocycles. The lowest BCUT2D eigenvalue weighted by Crippen LogP contribution is -2.26. The minimum absolute atomic E-state index is 0.0500. The van der Waals surface area contributed by atoms with E-state index in [1.165, 1.54) is 7.11 Å². The molecule has 0 aliphatic heterocycles. The van der Waals surface area contributed by atoms with Crippen LogP contribution in [0.3, 0.4) is 0 Å². The molecule has 2 amide bonds. The van der Waals surface area contributed by atoms with Crippen LogP contribution in [0.2, 0.25) is 0 Å². The quantitative estimate of drug-likeness (QED) is 0.468. The molecule has 0 saturated carbocycles. The molecule has 0 aliphatic carbocycles. The summed E-state index contributed by atoms with van der Waals surface area (Å²) in [4.78, 5) is 36.1. The zero-order valence-corrected chi connectivity index (χ0v) is 17.9. The van der Waals surface area contributed by atoms with E-state index < -0.39 is 5.97 Å². The van der Waals surface area contributed by atoms with Crippen LogP contribution in [0.25, 0.3) is 0 Å². The standard InChI is InChI=1S/C25H25N3O4/c1-17(18-6-4-3-5-7-18)27-24(30)19-8-14-22(15-9-19)28-23(29)16-26-21-12-10-20(11-13-21)25(31)32-2/h3-15,17,26H,16H2,1-2H3,(H,27,30)(H,28,29). The molecule has 0 heterocycles. The number of esters is 1. The third kappa shape index (κ3) is 6.18. The number of methoxy groups -OCH3 is 1. The molecule has 1 atom stereocenters. The number of anilines is 2. The highest BCUT2D eigenvalue weighted by Gasteiger charge is 2.12. The zero-order chi connectivity index (χ0) is 22.9. The highest BCUT2D eigenvalue weighted by atomic mass is 16.5. The number of ether oxygens (including phenoxy) is 1. The lowest BCUT2D eigenvalue weighted by atomic mass is 10.1. The number of hydrogen-bond acceptors (Lipinski definition) is 5. The predicted octanol–water partition coefficient (Wildman–Crippen LogP) is 4.01. The Morgan fingerprint density at radius 3 is 2.03 bits per heavy atom. The molecular formula is C25H25N3O4. The van der Waals surface area contributed by atoms with Crippen LogP contribution < -0.4 is 16.0 Å². The van der Waals surface area contributed by atoms with E-state index in [2.05, 4.69) is 20.7 Å². The number of carbonyl (C=O) groups excluding carboxylic acids is 3. The van der Waals surface area contributed by atoms with Crippen molar-refractivity contribution in [3.63, 3.8) is 0 Å². The maximum atomic E-state index is 12.5. The summed E-state index contributed by atoms with van der Waals surface area (Å²) in [6.07, 6.45) is 0. The van der Waals surface area contributed by atoms with E-state index in [0.717, 1.165) is 5.56 Å². The molecule has 0 radical (unpaired) electrons. The van der Waals surface area contributed by atoms with Gasteiger partial charge in [-0.3, -0.25) is 9.59 Å². The first-order chi connectivity index (χ1) is 15.5. The van der Waals surface area contributed by atoms with Crippen molar-refractivity contribution in [2.24, 2.45) is 0 Å². The number of nitrogens with one attached hydrogen (secondary N) is 3. The largest absolute Gasteiger partial charge is 0.465 e. The van der Waals surface area contributed by atoms with Gasteiger partial charge in [-0.25, -0.2) is 4.79 Å². The van der Waals surface area contributed by atoms with Crippen molar-refractivity contribution in [2.45, 2.75) is 13.0 Å². The third-order valence-electron chi connectivity index (χ3n) is 4.84. The highest BCUT2D eigenvalue weighted by Crippen LogP contribution is 2.15. The Bertz CT molecular complexity index is 1060. The topological polar surface area (TPSA) is 96.5 Å². The normalized spacial score (nSPS) is 11.2. The fourth-order valence-corrected chi connectivity index (χ4v) is 3.04. The molecule has 0 bridgehead atoms.